The molecular formula is C19H30FIN4O2. The van der Waals surface area contributed by atoms with Crippen molar-refractivity contribution < 1.29 is 13.9 Å². The van der Waals surface area contributed by atoms with E-state index in [4.69, 9.17) is 4.74 Å². The van der Waals surface area contributed by atoms with Gasteiger partial charge in [0.25, 0.3) is 0 Å². The van der Waals surface area contributed by atoms with Gasteiger partial charge in [0, 0.05) is 20.1 Å². The Morgan fingerprint density at radius 2 is 2.11 bits per heavy atom. The van der Waals surface area contributed by atoms with E-state index in [2.05, 4.69) is 20.9 Å². The molecule has 1 aromatic carbocycles. The first-order chi connectivity index (χ1) is 12.5. The second-order valence-electron chi connectivity index (χ2n) is 6.51. The van der Waals surface area contributed by atoms with Crippen LogP contribution in [0, 0.1) is 18.7 Å². The average molecular weight is 492 g/mol. The summed E-state index contributed by atoms with van der Waals surface area (Å²) in [5, 5.41) is 9.42. The van der Waals surface area contributed by atoms with Gasteiger partial charge in [-0.05, 0) is 62.3 Å². The standard InChI is InChI=1S/C19H29FN4O2.HI/c1-4-26-19(25)24-17(15-5-6-15)12-23-18(21-3)22-10-9-14-7-8-16(20)11-13(14)2;/h7-8,11,15,17H,4-6,9-10,12H2,1-3H3,(H,24,25)(H2,21,22,23);1H. The molecule has 1 aliphatic carbocycles. The highest BCUT2D eigenvalue weighted by molar-refractivity contribution is 14.0. The van der Waals surface area contributed by atoms with Crippen LogP contribution in [0.2, 0.25) is 0 Å². The number of rotatable bonds is 8. The second kappa shape index (κ2) is 12.0. The first kappa shape index (κ1) is 23.5. The number of ether oxygens (including phenoxy) is 1. The van der Waals surface area contributed by atoms with E-state index in [9.17, 15) is 9.18 Å². The Hall–Kier alpha value is -1.58. The van der Waals surface area contributed by atoms with Crippen LogP contribution in [0.3, 0.4) is 0 Å². The quantitative estimate of drug-likeness (QED) is 0.297. The van der Waals surface area contributed by atoms with Gasteiger partial charge in [0.05, 0.1) is 12.6 Å². The molecule has 1 aromatic rings. The third-order valence-electron chi connectivity index (χ3n) is 4.47. The van der Waals surface area contributed by atoms with E-state index in [1.54, 1.807) is 20.0 Å². The summed E-state index contributed by atoms with van der Waals surface area (Å²) in [6, 6.07) is 4.88. The molecular weight excluding hydrogens is 462 g/mol. The number of aryl methyl sites for hydroxylation is 1. The number of halogens is 2. The molecule has 0 spiro atoms. The first-order valence-corrected chi connectivity index (χ1v) is 9.16. The van der Waals surface area contributed by atoms with Crippen molar-refractivity contribution in [2.45, 2.75) is 39.2 Å². The van der Waals surface area contributed by atoms with Gasteiger partial charge in [-0.3, -0.25) is 4.99 Å². The minimum atomic E-state index is -0.374. The smallest absolute Gasteiger partial charge is 0.407 e. The molecule has 0 aromatic heterocycles. The highest BCUT2D eigenvalue weighted by atomic mass is 127. The predicted molar refractivity (Wildman–Crippen MR) is 116 cm³/mol. The summed E-state index contributed by atoms with van der Waals surface area (Å²) in [6.45, 7) is 5.35. The van der Waals surface area contributed by atoms with E-state index in [0.29, 0.717) is 31.6 Å². The molecule has 1 amide bonds. The van der Waals surface area contributed by atoms with Crippen molar-refractivity contribution >= 4 is 36.0 Å². The molecule has 0 bridgehead atoms. The molecule has 1 aliphatic rings. The van der Waals surface area contributed by atoms with E-state index in [-0.39, 0.29) is 41.9 Å². The van der Waals surface area contributed by atoms with E-state index in [0.717, 1.165) is 30.4 Å². The molecule has 1 saturated carbocycles. The van der Waals surface area contributed by atoms with Crippen LogP contribution in [0.4, 0.5) is 9.18 Å². The lowest BCUT2D eigenvalue weighted by Crippen LogP contribution is -2.48. The van der Waals surface area contributed by atoms with Crippen LogP contribution >= 0.6 is 24.0 Å². The van der Waals surface area contributed by atoms with Gasteiger partial charge < -0.3 is 20.7 Å². The number of alkyl carbamates (subject to hydrolysis) is 1. The van der Waals surface area contributed by atoms with Crippen molar-refractivity contribution in [1.82, 2.24) is 16.0 Å². The highest BCUT2D eigenvalue weighted by Gasteiger charge is 2.32. The van der Waals surface area contributed by atoms with Gasteiger partial charge in [-0.15, -0.1) is 24.0 Å². The Kier molecular flexibility index (Phi) is 10.4. The zero-order chi connectivity index (χ0) is 18.9. The summed E-state index contributed by atoms with van der Waals surface area (Å²) in [6.07, 6.45) is 2.64. The van der Waals surface area contributed by atoms with Crippen molar-refractivity contribution in [3.8, 4) is 0 Å². The van der Waals surface area contributed by atoms with Gasteiger partial charge >= 0.3 is 6.09 Å². The minimum absolute atomic E-state index is 0. The first-order valence-electron chi connectivity index (χ1n) is 9.16. The van der Waals surface area contributed by atoms with Gasteiger partial charge in [0.2, 0.25) is 0 Å². The summed E-state index contributed by atoms with van der Waals surface area (Å²) in [7, 11) is 1.71. The molecule has 0 radical (unpaired) electrons. The van der Waals surface area contributed by atoms with E-state index >= 15 is 0 Å². The summed E-state index contributed by atoms with van der Waals surface area (Å²) < 4.78 is 18.1. The lowest BCUT2D eigenvalue weighted by Gasteiger charge is -2.20. The second-order valence-corrected chi connectivity index (χ2v) is 6.51. The Morgan fingerprint density at radius 3 is 2.70 bits per heavy atom. The van der Waals surface area contributed by atoms with Gasteiger partial charge in [-0.1, -0.05) is 6.07 Å². The van der Waals surface area contributed by atoms with Crippen LogP contribution in [0.5, 0.6) is 0 Å². The molecule has 2 rings (SSSR count). The summed E-state index contributed by atoms with van der Waals surface area (Å²) in [5.41, 5.74) is 2.05. The Labute approximate surface area is 177 Å². The molecule has 1 unspecified atom stereocenters. The largest absolute Gasteiger partial charge is 0.450 e. The fourth-order valence-electron chi connectivity index (χ4n) is 2.84. The monoisotopic (exact) mass is 492 g/mol. The topological polar surface area (TPSA) is 74.8 Å². The number of carbonyl (C=O) groups excluding carboxylic acids is 1. The number of benzene rings is 1. The zero-order valence-corrected chi connectivity index (χ0v) is 18.5. The molecule has 0 saturated heterocycles. The predicted octanol–water partition coefficient (Wildman–Crippen LogP) is 2.98. The van der Waals surface area contributed by atoms with Crippen LogP contribution in [0.25, 0.3) is 0 Å². The van der Waals surface area contributed by atoms with E-state index < -0.39 is 0 Å². The lowest BCUT2D eigenvalue weighted by molar-refractivity contribution is 0.146. The van der Waals surface area contributed by atoms with Gasteiger partial charge in [0.1, 0.15) is 5.82 Å². The van der Waals surface area contributed by atoms with E-state index in [1.165, 1.54) is 6.07 Å². The summed E-state index contributed by atoms with van der Waals surface area (Å²) >= 11 is 0. The van der Waals surface area contributed by atoms with Crippen molar-refractivity contribution in [2.75, 3.05) is 26.7 Å². The molecule has 8 heteroatoms. The Balaban J connectivity index is 0.00000364. The number of guanidine groups is 1. The number of hydrogen-bond donors (Lipinski definition) is 3. The number of aliphatic imine (C=N–C) groups is 1. The van der Waals surface area contributed by atoms with Crippen LogP contribution in [0.1, 0.15) is 30.9 Å². The molecule has 3 N–H and O–H groups in total. The fourth-order valence-corrected chi connectivity index (χ4v) is 2.84. The third kappa shape index (κ3) is 8.32. The summed E-state index contributed by atoms with van der Waals surface area (Å²) in [5.74, 6) is 0.963. The SMILES string of the molecule is CCOC(=O)NC(CNC(=NC)NCCc1ccc(F)cc1C)C1CC1.I. The van der Waals surface area contributed by atoms with Crippen molar-refractivity contribution in [2.24, 2.45) is 10.9 Å². The highest BCUT2D eigenvalue weighted by Crippen LogP contribution is 2.32. The maximum atomic E-state index is 13.2. The molecule has 0 aliphatic heterocycles. The molecule has 6 nitrogen and oxygen atoms in total. The third-order valence-corrected chi connectivity index (χ3v) is 4.47. The van der Waals surface area contributed by atoms with Crippen LogP contribution in [-0.4, -0.2) is 44.8 Å². The number of nitrogens with zero attached hydrogens (tertiary/aromatic N) is 1. The van der Waals surface area contributed by atoms with Gasteiger partial charge in [0.15, 0.2) is 5.96 Å². The molecule has 152 valence electrons. The molecule has 1 fully saturated rings. The van der Waals surface area contributed by atoms with Crippen molar-refractivity contribution in [1.29, 1.82) is 0 Å². The molecule has 1 atom stereocenters. The zero-order valence-electron chi connectivity index (χ0n) is 16.2. The Bertz CT molecular complexity index is 638. The normalized spacial score (nSPS) is 14.7. The fraction of sp³-hybridized carbons (Fsp3) is 0.579. The average Bonchev–Trinajstić information content (AvgIpc) is 3.43. The number of amides is 1. The van der Waals surface area contributed by atoms with Crippen molar-refractivity contribution in [3.05, 3.63) is 35.1 Å². The maximum absolute atomic E-state index is 13.2. The molecule has 0 heterocycles. The molecule has 27 heavy (non-hydrogen) atoms. The summed E-state index contributed by atoms with van der Waals surface area (Å²) in [4.78, 5) is 15.9. The van der Waals surface area contributed by atoms with Crippen LogP contribution in [-0.2, 0) is 11.2 Å². The van der Waals surface area contributed by atoms with Gasteiger partial charge in [-0.2, -0.15) is 0 Å². The van der Waals surface area contributed by atoms with E-state index in [1.807, 2.05) is 13.0 Å². The Morgan fingerprint density at radius 1 is 1.37 bits per heavy atom. The minimum Gasteiger partial charge on any atom is -0.450 e. The van der Waals surface area contributed by atoms with Crippen LogP contribution in [0.15, 0.2) is 23.2 Å². The number of carbonyl (C=O) groups is 1. The van der Waals surface area contributed by atoms with Crippen molar-refractivity contribution in [3.63, 3.8) is 0 Å². The maximum Gasteiger partial charge on any atom is 0.407 e. The van der Waals surface area contributed by atoms with Gasteiger partial charge in [-0.25, -0.2) is 9.18 Å². The number of hydrogen-bond acceptors (Lipinski definition) is 3. The lowest BCUT2D eigenvalue weighted by atomic mass is 10.1. The van der Waals surface area contributed by atoms with Crippen LogP contribution < -0.4 is 16.0 Å². The number of nitrogens with one attached hydrogen (secondary N) is 3.